The van der Waals surface area contributed by atoms with Crippen LogP contribution in [0.4, 0.5) is 0 Å². The smallest absolute Gasteiger partial charge is 0.242 e. The van der Waals surface area contributed by atoms with Crippen molar-refractivity contribution in [3.05, 3.63) is 0 Å². The Morgan fingerprint density at radius 2 is 1.85 bits per heavy atom. The molecule has 0 radical (unpaired) electrons. The normalized spacial score (nSPS) is 13.2. The molecule has 0 bridgehead atoms. The second-order valence-electron chi connectivity index (χ2n) is 6.05. The Balaban J connectivity index is 4.25. The van der Waals surface area contributed by atoms with E-state index >= 15 is 0 Å². The Labute approximate surface area is 124 Å². The van der Waals surface area contributed by atoms with E-state index in [0.29, 0.717) is 31.9 Å². The summed E-state index contributed by atoms with van der Waals surface area (Å²) in [5.41, 5.74) is 0. The summed E-state index contributed by atoms with van der Waals surface area (Å²) >= 11 is 0. The number of unbranched alkanes of at least 4 members (excludes halogenated alkanes) is 1. The molecule has 5 nitrogen and oxygen atoms in total. The zero-order chi connectivity index (χ0) is 16.3. The number of hydrogen-bond donors (Lipinski definition) is 3. The molecule has 0 fully saturated rings. The zero-order valence-electron chi connectivity index (χ0n) is 14.2. The average molecular weight is 287 g/mol. The molecule has 1 unspecified atom stereocenters. The van der Waals surface area contributed by atoms with Crippen molar-refractivity contribution in [2.24, 2.45) is 11.8 Å². The fourth-order valence-electron chi connectivity index (χ4n) is 1.89. The standard InChI is InChI=1S/C15H30N2O3/c1-11(2)9-13(17-14(19)10-12(3)4)15(20)16-7-5-6-8-18/h11-13,18H,5-10H2,1-4H3,(H,16,20)(H,17,19)/i18D. The summed E-state index contributed by atoms with van der Waals surface area (Å²) in [7, 11) is 0. The van der Waals surface area contributed by atoms with Gasteiger partial charge in [0.1, 0.15) is 6.04 Å². The number of hydrogen-bond acceptors (Lipinski definition) is 3. The Bertz CT molecular complexity index is 309. The van der Waals surface area contributed by atoms with E-state index in [-0.39, 0.29) is 17.7 Å². The highest BCUT2D eigenvalue weighted by Crippen LogP contribution is 2.07. The molecule has 0 aliphatic rings. The molecule has 0 aromatic rings. The Morgan fingerprint density at radius 3 is 2.40 bits per heavy atom. The van der Waals surface area contributed by atoms with Crippen molar-refractivity contribution in [1.29, 1.82) is 1.43 Å². The van der Waals surface area contributed by atoms with E-state index in [1.165, 1.54) is 0 Å². The third-order valence-corrected chi connectivity index (χ3v) is 2.82. The maximum Gasteiger partial charge on any atom is 0.242 e. The average Bonchev–Trinajstić information content (AvgIpc) is 2.36. The summed E-state index contributed by atoms with van der Waals surface area (Å²) in [6, 6.07) is -0.469. The van der Waals surface area contributed by atoms with Gasteiger partial charge >= 0.3 is 0 Å². The summed E-state index contributed by atoms with van der Waals surface area (Å²) in [5.74, 6) is 0.399. The fraction of sp³-hybridized carbons (Fsp3) is 0.867. The third-order valence-electron chi connectivity index (χ3n) is 2.82. The second kappa shape index (κ2) is 10.7. The molecule has 0 rings (SSSR count). The van der Waals surface area contributed by atoms with Crippen LogP contribution in [0.25, 0.3) is 0 Å². The van der Waals surface area contributed by atoms with E-state index < -0.39 is 6.04 Å². The van der Waals surface area contributed by atoms with Gasteiger partial charge in [0.05, 0.1) is 0 Å². The summed E-state index contributed by atoms with van der Waals surface area (Å²) in [4.78, 5) is 24.0. The van der Waals surface area contributed by atoms with Crippen molar-refractivity contribution in [2.45, 2.75) is 59.4 Å². The predicted molar refractivity (Wildman–Crippen MR) is 80.2 cm³/mol. The first-order chi connectivity index (χ1) is 9.86. The van der Waals surface area contributed by atoms with Crippen LogP contribution in [-0.4, -0.2) is 37.5 Å². The molecule has 2 amide bonds. The van der Waals surface area contributed by atoms with Gasteiger partial charge in [-0.3, -0.25) is 9.59 Å². The van der Waals surface area contributed by atoms with Crippen molar-refractivity contribution in [1.82, 2.24) is 10.6 Å². The Morgan fingerprint density at radius 1 is 1.15 bits per heavy atom. The minimum Gasteiger partial charge on any atom is -0.396 e. The lowest BCUT2D eigenvalue weighted by atomic mass is 10.0. The molecule has 0 aromatic heterocycles. The van der Waals surface area contributed by atoms with Crippen LogP contribution in [0.15, 0.2) is 0 Å². The van der Waals surface area contributed by atoms with Gasteiger partial charge in [-0.05, 0) is 31.1 Å². The van der Waals surface area contributed by atoms with Crippen molar-refractivity contribution in [3.8, 4) is 0 Å². The molecule has 0 saturated heterocycles. The first kappa shape index (κ1) is 17.0. The van der Waals surface area contributed by atoms with Crippen molar-refractivity contribution < 1.29 is 14.7 Å². The number of carbonyl (C=O) groups is 2. The quantitative estimate of drug-likeness (QED) is 0.503. The summed E-state index contributed by atoms with van der Waals surface area (Å²) < 4.78 is 6.57. The highest BCUT2D eigenvalue weighted by molar-refractivity contribution is 5.87. The molecule has 0 spiro atoms. The first-order valence-electron chi connectivity index (χ1n) is 7.92. The van der Waals surface area contributed by atoms with Gasteiger partial charge in [0.15, 0.2) is 0 Å². The molecule has 0 heterocycles. The van der Waals surface area contributed by atoms with Gasteiger partial charge in [-0.2, -0.15) is 0 Å². The molecule has 0 aliphatic carbocycles. The SMILES string of the molecule is [2H]OCCCCNC(=O)C(CC(C)C)NC(=O)CC(C)C. The van der Waals surface area contributed by atoms with Crippen LogP contribution in [0.5, 0.6) is 0 Å². The summed E-state index contributed by atoms with van der Waals surface area (Å²) in [6.45, 7) is 8.92. The molecule has 0 aliphatic heterocycles. The largest absolute Gasteiger partial charge is 0.396 e. The van der Waals surface area contributed by atoms with Crippen LogP contribution in [0.1, 0.15) is 53.4 Å². The molecule has 5 heteroatoms. The van der Waals surface area contributed by atoms with Gasteiger partial charge in [-0.1, -0.05) is 27.7 Å². The molecular weight excluding hydrogens is 256 g/mol. The van der Waals surface area contributed by atoms with Crippen LogP contribution >= 0.6 is 0 Å². The van der Waals surface area contributed by atoms with Gasteiger partial charge in [0.25, 0.3) is 0 Å². The lowest BCUT2D eigenvalue weighted by Gasteiger charge is -2.20. The minimum absolute atomic E-state index is 0.0755. The van der Waals surface area contributed by atoms with Gasteiger partial charge in [0, 0.05) is 19.6 Å². The van der Waals surface area contributed by atoms with Crippen molar-refractivity contribution in [3.63, 3.8) is 0 Å². The number of aliphatic hydroxyl groups excluding tert-OH is 1. The fourth-order valence-corrected chi connectivity index (χ4v) is 1.89. The van der Waals surface area contributed by atoms with Crippen LogP contribution in [0.2, 0.25) is 0 Å². The van der Waals surface area contributed by atoms with E-state index in [9.17, 15) is 9.59 Å². The van der Waals surface area contributed by atoms with E-state index in [1.807, 2.05) is 27.7 Å². The van der Waals surface area contributed by atoms with Gasteiger partial charge in [-0.25, -0.2) is 0 Å². The number of nitrogens with one attached hydrogen (secondary N) is 2. The maximum absolute atomic E-state index is 12.1. The molecule has 20 heavy (non-hydrogen) atoms. The van der Waals surface area contributed by atoms with Gasteiger partial charge in [-0.15, -0.1) is 0 Å². The Hall–Kier alpha value is -1.10. The minimum atomic E-state index is -0.469. The molecule has 0 saturated carbocycles. The second-order valence-corrected chi connectivity index (χ2v) is 6.05. The molecule has 1 atom stereocenters. The zero-order valence-corrected chi connectivity index (χ0v) is 13.2. The number of rotatable bonds is 11. The molecule has 118 valence electrons. The monoisotopic (exact) mass is 287 g/mol. The lowest BCUT2D eigenvalue weighted by Crippen LogP contribution is -2.47. The summed E-state index contributed by atoms with van der Waals surface area (Å²) in [5, 5.41) is 9.88. The highest BCUT2D eigenvalue weighted by atomic mass is 16.3. The topological polar surface area (TPSA) is 78.4 Å². The van der Waals surface area contributed by atoms with Crippen LogP contribution in [-0.2, 0) is 9.59 Å². The number of amides is 2. The van der Waals surface area contributed by atoms with Gasteiger partial charge < -0.3 is 15.7 Å². The summed E-state index contributed by atoms with van der Waals surface area (Å²) in [6.07, 6.45) is 2.56. The molecule has 0 aromatic carbocycles. The number of aliphatic hydroxyl groups is 1. The van der Waals surface area contributed by atoms with E-state index in [0.717, 1.165) is 12.8 Å². The van der Waals surface area contributed by atoms with E-state index in [1.54, 1.807) is 0 Å². The van der Waals surface area contributed by atoms with Crippen molar-refractivity contribution >= 4 is 11.8 Å². The molecule has 3 N–H and O–H groups in total. The van der Waals surface area contributed by atoms with Crippen LogP contribution in [0.3, 0.4) is 0 Å². The maximum atomic E-state index is 12.1. The molecular formula is C15H30N2O3. The lowest BCUT2D eigenvalue weighted by molar-refractivity contribution is -0.129. The van der Waals surface area contributed by atoms with Crippen LogP contribution in [0, 0.1) is 11.8 Å². The van der Waals surface area contributed by atoms with Gasteiger partial charge in [0.2, 0.25) is 13.2 Å². The third kappa shape index (κ3) is 9.78. The first-order valence-corrected chi connectivity index (χ1v) is 7.52. The van der Waals surface area contributed by atoms with Crippen molar-refractivity contribution in [2.75, 3.05) is 13.2 Å². The van der Waals surface area contributed by atoms with E-state index in [2.05, 4.69) is 15.7 Å². The Kier molecular flexibility index (Phi) is 9.04. The number of carbonyl (C=O) groups excluding carboxylic acids is 2. The predicted octanol–water partition coefficient (Wildman–Crippen LogP) is 1.45. The van der Waals surface area contributed by atoms with Crippen LogP contribution < -0.4 is 10.6 Å². The highest BCUT2D eigenvalue weighted by Gasteiger charge is 2.21. The van der Waals surface area contributed by atoms with E-state index in [4.69, 9.17) is 1.43 Å².